The number of anilines is 1. The van der Waals surface area contributed by atoms with Gasteiger partial charge in [0.1, 0.15) is 0 Å². The van der Waals surface area contributed by atoms with E-state index in [9.17, 15) is 0 Å². The van der Waals surface area contributed by atoms with Crippen molar-refractivity contribution in [3.63, 3.8) is 0 Å². The molecule has 0 saturated carbocycles. The van der Waals surface area contributed by atoms with Gasteiger partial charge in [-0.15, -0.1) is 11.3 Å². The number of hydrogen-bond donors (Lipinski definition) is 3. The van der Waals surface area contributed by atoms with Crippen LogP contribution in [0.4, 0.5) is 5.69 Å². The summed E-state index contributed by atoms with van der Waals surface area (Å²) >= 11 is 1.72. The molecular weight excluding hydrogens is 234 g/mol. The first kappa shape index (κ1) is 11.7. The second kappa shape index (κ2) is 5.05. The number of nitrogens with one attached hydrogen (secondary N) is 1. The van der Waals surface area contributed by atoms with Crippen LogP contribution in [-0.2, 0) is 0 Å². The summed E-state index contributed by atoms with van der Waals surface area (Å²) in [4.78, 5) is 0. The molecule has 5 heteroatoms. The fraction of sp³-hybridized carbons (Fsp3) is 0.250. The predicted molar refractivity (Wildman–Crippen MR) is 72.9 cm³/mol. The Labute approximate surface area is 104 Å². The summed E-state index contributed by atoms with van der Waals surface area (Å²) in [7, 11) is 0. The van der Waals surface area contributed by atoms with Crippen molar-refractivity contribution >= 4 is 32.9 Å². The maximum atomic E-state index is 8.68. The summed E-state index contributed by atoms with van der Waals surface area (Å²) in [6.07, 6.45) is 0.761. The number of benzene rings is 1. The Morgan fingerprint density at radius 3 is 3.06 bits per heavy atom. The molecule has 0 aliphatic heterocycles. The van der Waals surface area contributed by atoms with E-state index in [1.165, 1.54) is 10.1 Å². The number of nitrogens with two attached hydrogens (primary N) is 1. The molecule has 0 fully saturated rings. The zero-order valence-electron chi connectivity index (χ0n) is 9.55. The lowest BCUT2D eigenvalue weighted by molar-refractivity contribution is 0.316. The van der Waals surface area contributed by atoms with Crippen molar-refractivity contribution in [2.45, 2.75) is 19.4 Å². The molecule has 90 valence electrons. The third kappa shape index (κ3) is 2.50. The van der Waals surface area contributed by atoms with Crippen LogP contribution >= 0.6 is 11.3 Å². The molecule has 1 atom stereocenters. The van der Waals surface area contributed by atoms with E-state index < -0.39 is 0 Å². The third-order valence-electron chi connectivity index (χ3n) is 2.67. The quantitative estimate of drug-likeness (QED) is 0.338. The van der Waals surface area contributed by atoms with Gasteiger partial charge < -0.3 is 16.3 Å². The topological polar surface area (TPSA) is 70.6 Å². The fourth-order valence-electron chi connectivity index (χ4n) is 1.71. The van der Waals surface area contributed by atoms with Crippen LogP contribution in [0.3, 0.4) is 0 Å². The van der Waals surface area contributed by atoms with Crippen molar-refractivity contribution in [3.8, 4) is 0 Å². The van der Waals surface area contributed by atoms with E-state index in [1.54, 1.807) is 11.3 Å². The highest BCUT2D eigenvalue weighted by Gasteiger charge is 2.11. The lowest BCUT2D eigenvalue weighted by atomic mass is 10.1. The van der Waals surface area contributed by atoms with Crippen molar-refractivity contribution in [1.82, 2.24) is 0 Å². The van der Waals surface area contributed by atoms with Crippen molar-refractivity contribution in [3.05, 3.63) is 29.6 Å². The van der Waals surface area contributed by atoms with E-state index in [1.807, 2.05) is 13.0 Å². The Kier molecular flexibility index (Phi) is 3.49. The van der Waals surface area contributed by atoms with Gasteiger partial charge in [-0.2, -0.15) is 0 Å². The van der Waals surface area contributed by atoms with Crippen molar-refractivity contribution in [2.75, 3.05) is 5.32 Å². The first-order valence-corrected chi connectivity index (χ1v) is 6.33. The van der Waals surface area contributed by atoms with Crippen LogP contribution in [0.1, 0.15) is 13.3 Å². The fourth-order valence-corrected chi connectivity index (χ4v) is 2.48. The molecule has 0 aliphatic rings. The largest absolute Gasteiger partial charge is 0.409 e. The number of amidine groups is 1. The van der Waals surface area contributed by atoms with Crippen LogP contribution in [0.5, 0.6) is 0 Å². The Balaban J connectivity index is 2.22. The molecule has 1 aromatic carbocycles. The Morgan fingerprint density at radius 2 is 2.35 bits per heavy atom. The number of hydrogen-bond acceptors (Lipinski definition) is 4. The van der Waals surface area contributed by atoms with Gasteiger partial charge in [-0.05, 0) is 41.5 Å². The summed E-state index contributed by atoms with van der Waals surface area (Å²) < 4.78 is 1.26. The minimum absolute atomic E-state index is 0.143. The molecule has 4 nitrogen and oxygen atoms in total. The van der Waals surface area contributed by atoms with E-state index in [0.29, 0.717) is 0 Å². The zero-order valence-corrected chi connectivity index (χ0v) is 10.4. The highest BCUT2D eigenvalue weighted by Crippen LogP contribution is 2.24. The van der Waals surface area contributed by atoms with Crippen LogP contribution in [0.2, 0.25) is 0 Å². The van der Waals surface area contributed by atoms with E-state index in [4.69, 9.17) is 10.9 Å². The molecule has 4 N–H and O–H groups in total. The van der Waals surface area contributed by atoms with E-state index in [-0.39, 0.29) is 11.9 Å². The number of rotatable bonds is 4. The van der Waals surface area contributed by atoms with Crippen LogP contribution in [0.25, 0.3) is 10.1 Å². The highest BCUT2D eigenvalue weighted by atomic mass is 32.1. The van der Waals surface area contributed by atoms with E-state index >= 15 is 0 Å². The van der Waals surface area contributed by atoms with Gasteiger partial charge in [0.2, 0.25) is 0 Å². The summed E-state index contributed by atoms with van der Waals surface area (Å²) in [5, 5.41) is 18.2. The monoisotopic (exact) mass is 249 g/mol. The van der Waals surface area contributed by atoms with Crippen LogP contribution < -0.4 is 11.1 Å². The average molecular weight is 249 g/mol. The maximum absolute atomic E-state index is 8.68. The molecule has 17 heavy (non-hydrogen) atoms. The highest BCUT2D eigenvalue weighted by molar-refractivity contribution is 7.17. The lowest BCUT2D eigenvalue weighted by Gasteiger charge is -2.16. The number of thiophene rings is 1. The predicted octanol–water partition coefficient (Wildman–Crippen LogP) is 2.84. The molecule has 1 heterocycles. The lowest BCUT2D eigenvalue weighted by Crippen LogP contribution is -2.35. The second-order valence-electron chi connectivity index (χ2n) is 3.80. The standard InChI is InChI=1S/C12H15N3OS/c1-2-10(12(13)15-16)14-9-3-4-11-8(7-9)5-6-17-11/h3-7,10,14,16H,2H2,1H3,(H2,13,15). The summed E-state index contributed by atoms with van der Waals surface area (Å²) in [6, 6.07) is 8.08. The molecule has 0 bridgehead atoms. The van der Waals surface area contributed by atoms with E-state index in [2.05, 4.69) is 34.1 Å². The van der Waals surface area contributed by atoms with Crippen LogP contribution in [0, 0.1) is 0 Å². The normalized spacial score (nSPS) is 13.8. The van der Waals surface area contributed by atoms with Gasteiger partial charge in [0.25, 0.3) is 0 Å². The SMILES string of the molecule is CCC(Nc1ccc2sccc2c1)C(N)=NO. The summed E-state index contributed by atoms with van der Waals surface area (Å²) in [6.45, 7) is 1.98. The molecule has 2 rings (SSSR count). The Bertz CT molecular complexity index is 535. The first-order valence-electron chi connectivity index (χ1n) is 5.45. The van der Waals surface area contributed by atoms with Crippen LogP contribution in [-0.4, -0.2) is 17.1 Å². The molecule has 2 aromatic rings. The Morgan fingerprint density at radius 1 is 1.53 bits per heavy atom. The molecule has 0 aliphatic carbocycles. The van der Waals surface area contributed by atoms with Crippen molar-refractivity contribution in [1.29, 1.82) is 0 Å². The molecule has 0 radical (unpaired) electrons. The summed E-state index contributed by atoms with van der Waals surface area (Å²) in [5.41, 5.74) is 6.59. The van der Waals surface area contributed by atoms with Crippen LogP contribution in [0.15, 0.2) is 34.8 Å². The molecule has 1 aromatic heterocycles. The molecule has 0 amide bonds. The van der Waals surface area contributed by atoms with Gasteiger partial charge in [0.15, 0.2) is 5.84 Å². The van der Waals surface area contributed by atoms with Crippen molar-refractivity contribution < 1.29 is 5.21 Å². The molecule has 0 spiro atoms. The maximum Gasteiger partial charge on any atom is 0.161 e. The molecule has 0 saturated heterocycles. The van der Waals surface area contributed by atoms with Gasteiger partial charge in [-0.3, -0.25) is 0 Å². The zero-order chi connectivity index (χ0) is 12.3. The second-order valence-corrected chi connectivity index (χ2v) is 4.75. The molecular formula is C12H15N3OS. The van der Waals surface area contributed by atoms with Crippen molar-refractivity contribution in [2.24, 2.45) is 10.9 Å². The smallest absolute Gasteiger partial charge is 0.161 e. The number of oxime groups is 1. The van der Waals surface area contributed by atoms with Gasteiger partial charge in [-0.1, -0.05) is 12.1 Å². The Hall–Kier alpha value is -1.75. The minimum atomic E-state index is -0.143. The van der Waals surface area contributed by atoms with Gasteiger partial charge in [0.05, 0.1) is 6.04 Å². The number of fused-ring (bicyclic) bond motifs is 1. The van der Waals surface area contributed by atoms with Gasteiger partial charge in [0, 0.05) is 10.4 Å². The van der Waals surface area contributed by atoms with E-state index in [0.717, 1.165) is 12.1 Å². The number of nitrogens with zero attached hydrogens (tertiary/aromatic N) is 1. The van der Waals surface area contributed by atoms with Gasteiger partial charge in [-0.25, -0.2) is 0 Å². The minimum Gasteiger partial charge on any atom is -0.409 e. The summed E-state index contributed by atoms with van der Waals surface area (Å²) in [5.74, 6) is 0.206. The third-order valence-corrected chi connectivity index (χ3v) is 3.57. The average Bonchev–Trinajstić information content (AvgIpc) is 2.82. The first-order chi connectivity index (χ1) is 8.24. The molecule has 1 unspecified atom stereocenters. The van der Waals surface area contributed by atoms with Gasteiger partial charge >= 0.3 is 0 Å².